The van der Waals surface area contributed by atoms with Crippen LogP contribution in [0.1, 0.15) is 5.56 Å². The van der Waals surface area contributed by atoms with Gasteiger partial charge in [0.15, 0.2) is 0 Å². The minimum absolute atomic E-state index is 0.401. The summed E-state index contributed by atoms with van der Waals surface area (Å²) >= 11 is 8.39. The van der Waals surface area contributed by atoms with E-state index >= 15 is 0 Å². The molecule has 0 radical (unpaired) electrons. The van der Waals surface area contributed by atoms with E-state index in [2.05, 4.69) is 47.2 Å². The Hall–Kier alpha value is -0.533. The van der Waals surface area contributed by atoms with Crippen LogP contribution in [0.3, 0.4) is 0 Å². The Bertz CT molecular complexity index is 566. The number of imidazole rings is 1. The van der Waals surface area contributed by atoms with Gasteiger partial charge in [-0.05, 0) is 39.8 Å². The van der Waals surface area contributed by atoms with Gasteiger partial charge >= 0.3 is 0 Å². The van der Waals surface area contributed by atoms with Gasteiger partial charge in [-0.3, -0.25) is 0 Å². The van der Waals surface area contributed by atoms with Gasteiger partial charge in [0.25, 0.3) is 0 Å². The number of aromatic nitrogens is 2. The maximum absolute atomic E-state index is 6.17. The van der Waals surface area contributed by atoms with Crippen molar-refractivity contribution in [1.82, 2.24) is 9.71 Å². The van der Waals surface area contributed by atoms with Crippen molar-refractivity contribution in [3.05, 3.63) is 44.9 Å². The zero-order chi connectivity index (χ0) is 14.0. The summed E-state index contributed by atoms with van der Waals surface area (Å²) in [6, 6.07) is 10.0. The van der Waals surface area contributed by atoms with Crippen LogP contribution in [-0.4, -0.2) is 17.8 Å². The molecule has 3 nitrogen and oxygen atoms in total. The van der Waals surface area contributed by atoms with E-state index in [1.165, 1.54) is 0 Å². The molecule has 19 heavy (non-hydrogen) atoms. The Kier molecular flexibility index (Phi) is 4.57. The van der Waals surface area contributed by atoms with Crippen LogP contribution >= 0.6 is 34.2 Å². The lowest BCUT2D eigenvalue weighted by Crippen LogP contribution is -2.46. The Morgan fingerprint density at radius 2 is 1.89 bits per heavy atom. The molecule has 0 saturated heterocycles. The van der Waals surface area contributed by atoms with Crippen molar-refractivity contribution in [3.63, 3.8) is 0 Å². The summed E-state index contributed by atoms with van der Waals surface area (Å²) in [5.74, 6) is 0. The van der Waals surface area contributed by atoms with Crippen LogP contribution in [-0.2, 0) is 6.61 Å². The van der Waals surface area contributed by atoms with Crippen molar-refractivity contribution in [1.29, 1.82) is 0 Å². The van der Waals surface area contributed by atoms with Gasteiger partial charge in [-0.25, -0.2) is 4.98 Å². The predicted molar refractivity (Wildman–Crippen MR) is 89.7 cm³/mol. The second-order valence-electron chi connectivity index (χ2n) is 5.32. The van der Waals surface area contributed by atoms with E-state index < -0.39 is 8.07 Å². The topological polar surface area (TPSA) is 27.1 Å². The number of hydrogen-bond acceptors (Lipinski definition) is 2. The van der Waals surface area contributed by atoms with Gasteiger partial charge in [0.05, 0.1) is 5.32 Å². The van der Waals surface area contributed by atoms with Crippen molar-refractivity contribution in [2.45, 2.75) is 26.2 Å². The van der Waals surface area contributed by atoms with Crippen molar-refractivity contribution >= 4 is 47.6 Å². The molecule has 102 valence electrons. The molecule has 2 aromatic rings. The molecule has 0 atom stereocenters. The first-order chi connectivity index (χ1) is 8.89. The molecular weight excluding hydrogens is 391 g/mol. The molecule has 0 N–H and O–H groups in total. The van der Waals surface area contributed by atoms with Crippen molar-refractivity contribution in [2.75, 3.05) is 0 Å². The van der Waals surface area contributed by atoms with Crippen LogP contribution in [0.4, 0.5) is 0 Å². The van der Waals surface area contributed by atoms with E-state index in [0.717, 1.165) is 14.6 Å². The summed E-state index contributed by atoms with van der Waals surface area (Å²) in [6.07, 6.45) is 0. The van der Waals surface area contributed by atoms with Crippen molar-refractivity contribution < 1.29 is 4.84 Å². The fraction of sp³-hybridized carbons (Fsp3) is 0.308. The summed E-state index contributed by atoms with van der Waals surface area (Å²) in [4.78, 5) is 10.2. The zero-order valence-corrected chi connectivity index (χ0v) is 15.1. The SMILES string of the molecule is C[Si](C)(C)c1c(I)nc(Cl)n1OCc1ccccc1. The Labute approximate surface area is 133 Å². The molecule has 0 aliphatic rings. The highest BCUT2D eigenvalue weighted by Crippen LogP contribution is 2.14. The van der Waals surface area contributed by atoms with Crippen LogP contribution in [0.15, 0.2) is 30.3 Å². The summed E-state index contributed by atoms with van der Waals surface area (Å²) in [5.41, 5.74) is 1.11. The molecule has 0 aliphatic carbocycles. The molecule has 0 unspecified atom stereocenters. The molecule has 0 aliphatic heterocycles. The Morgan fingerprint density at radius 3 is 2.47 bits per heavy atom. The van der Waals surface area contributed by atoms with E-state index in [9.17, 15) is 0 Å². The number of rotatable bonds is 4. The molecule has 1 aromatic heterocycles. The van der Waals surface area contributed by atoms with E-state index in [1.54, 1.807) is 4.73 Å². The van der Waals surface area contributed by atoms with E-state index in [0.29, 0.717) is 11.9 Å². The molecule has 0 bridgehead atoms. The average Bonchev–Trinajstić information content (AvgIpc) is 2.62. The minimum Gasteiger partial charge on any atom is -0.407 e. The van der Waals surface area contributed by atoms with Gasteiger partial charge in [0.2, 0.25) is 5.28 Å². The minimum atomic E-state index is -1.56. The van der Waals surface area contributed by atoms with Gasteiger partial charge < -0.3 is 4.84 Å². The third-order valence-corrected chi connectivity index (χ3v) is 6.03. The number of halogens is 2. The third kappa shape index (κ3) is 3.52. The lowest BCUT2D eigenvalue weighted by atomic mass is 10.2. The fourth-order valence-corrected chi connectivity index (χ4v) is 6.56. The molecule has 1 aromatic carbocycles. The molecule has 0 spiro atoms. The lowest BCUT2D eigenvalue weighted by Gasteiger charge is -2.19. The third-order valence-electron chi connectivity index (χ3n) is 2.67. The van der Waals surface area contributed by atoms with Gasteiger partial charge in [0, 0.05) is 0 Å². The molecule has 0 fully saturated rings. The zero-order valence-electron chi connectivity index (χ0n) is 11.2. The second kappa shape index (κ2) is 5.84. The first-order valence-corrected chi connectivity index (χ1v) is 11.0. The van der Waals surface area contributed by atoms with E-state index in [1.807, 2.05) is 30.3 Å². The molecule has 2 rings (SSSR count). The Balaban J connectivity index is 2.26. The monoisotopic (exact) mass is 406 g/mol. The first-order valence-electron chi connectivity index (χ1n) is 6.01. The van der Waals surface area contributed by atoms with Crippen LogP contribution in [0.5, 0.6) is 0 Å². The standard InChI is InChI=1S/C13H16ClIN2OSi/c1-19(2,3)12-11(15)16-13(14)17(12)18-9-10-7-5-4-6-8-10/h4-8H,9H2,1-3H3. The molecule has 0 amide bonds. The smallest absolute Gasteiger partial charge is 0.237 e. The van der Waals surface area contributed by atoms with Gasteiger partial charge in [-0.15, -0.1) is 0 Å². The molecule has 6 heteroatoms. The average molecular weight is 407 g/mol. The molecular formula is C13H16ClIN2OSi. The van der Waals surface area contributed by atoms with E-state index in [4.69, 9.17) is 16.4 Å². The largest absolute Gasteiger partial charge is 0.407 e. The van der Waals surface area contributed by atoms with Crippen LogP contribution < -0.4 is 10.2 Å². The van der Waals surface area contributed by atoms with Crippen LogP contribution in [0.25, 0.3) is 0 Å². The molecule has 0 saturated carbocycles. The summed E-state index contributed by atoms with van der Waals surface area (Å²) < 4.78 is 2.64. The molecule has 1 heterocycles. The number of hydrogen-bond donors (Lipinski definition) is 0. The summed E-state index contributed by atoms with van der Waals surface area (Å²) in [7, 11) is -1.56. The maximum atomic E-state index is 6.17. The highest BCUT2D eigenvalue weighted by Gasteiger charge is 2.28. The normalized spacial score (nSPS) is 11.6. The van der Waals surface area contributed by atoms with Crippen LogP contribution in [0, 0.1) is 3.70 Å². The quantitative estimate of drug-likeness (QED) is 0.575. The highest BCUT2D eigenvalue weighted by molar-refractivity contribution is 14.1. The van der Waals surface area contributed by atoms with Crippen molar-refractivity contribution in [3.8, 4) is 0 Å². The van der Waals surface area contributed by atoms with Gasteiger partial charge in [-0.2, -0.15) is 4.73 Å². The predicted octanol–water partition coefficient (Wildman–Crippen LogP) is 3.32. The first kappa shape index (κ1) is 14.9. The summed E-state index contributed by atoms with van der Waals surface area (Å²) in [5, 5.41) is 1.53. The van der Waals surface area contributed by atoms with Crippen molar-refractivity contribution in [2.24, 2.45) is 0 Å². The second-order valence-corrected chi connectivity index (χ2v) is 11.7. The van der Waals surface area contributed by atoms with Crippen LogP contribution in [0.2, 0.25) is 24.9 Å². The van der Waals surface area contributed by atoms with E-state index in [-0.39, 0.29) is 0 Å². The maximum Gasteiger partial charge on any atom is 0.237 e. The van der Waals surface area contributed by atoms with Gasteiger partial charge in [0.1, 0.15) is 18.4 Å². The van der Waals surface area contributed by atoms with Gasteiger partial charge in [-0.1, -0.05) is 50.0 Å². The number of nitrogens with zero attached hydrogens (tertiary/aromatic N) is 2. The highest BCUT2D eigenvalue weighted by atomic mass is 127. The fourth-order valence-electron chi connectivity index (χ4n) is 1.80. The number of benzene rings is 1. The lowest BCUT2D eigenvalue weighted by molar-refractivity contribution is 0.103. The Morgan fingerprint density at radius 1 is 1.26 bits per heavy atom. The summed E-state index contributed by atoms with van der Waals surface area (Å²) in [6.45, 7) is 7.26.